The number of pyridine rings is 1. The van der Waals surface area contributed by atoms with Gasteiger partial charge < -0.3 is 10.0 Å². The van der Waals surface area contributed by atoms with Gasteiger partial charge in [0.1, 0.15) is 11.9 Å². The first kappa shape index (κ1) is 13.2. The van der Waals surface area contributed by atoms with Crippen LogP contribution >= 0.6 is 0 Å². The van der Waals surface area contributed by atoms with E-state index in [-0.39, 0.29) is 0 Å². The SMILES string of the molecule is Cc1cccc(-n2ncnc2C2(O)CCN(C)CC2)n1. The predicted octanol–water partition coefficient (Wildman–Crippen LogP) is 0.884. The van der Waals surface area contributed by atoms with Crippen molar-refractivity contribution in [2.45, 2.75) is 25.4 Å². The summed E-state index contributed by atoms with van der Waals surface area (Å²) in [5, 5.41) is 15.1. The summed E-state index contributed by atoms with van der Waals surface area (Å²) >= 11 is 0. The van der Waals surface area contributed by atoms with Gasteiger partial charge in [-0.25, -0.2) is 9.97 Å². The highest BCUT2D eigenvalue weighted by molar-refractivity contribution is 5.26. The van der Waals surface area contributed by atoms with Gasteiger partial charge in [0.15, 0.2) is 11.6 Å². The highest BCUT2D eigenvalue weighted by atomic mass is 16.3. The lowest BCUT2D eigenvalue weighted by molar-refractivity contribution is -0.0293. The summed E-state index contributed by atoms with van der Waals surface area (Å²) in [6.45, 7) is 3.64. The standard InChI is InChI=1S/C14H19N5O/c1-11-4-3-5-12(17-11)19-13(15-10-16-19)14(20)6-8-18(2)9-7-14/h3-5,10,20H,6-9H2,1-2H3. The Morgan fingerprint density at radius 2 is 2.00 bits per heavy atom. The molecule has 20 heavy (non-hydrogen) atoms. The van der Waals surface area contributed by atoms with Crippen LogP contribution in [0.5, 0.6) is 0 Å². The van der Waals surface area contributed by atoms with Gasteiger partial charge in [-0.15, -0.1) is 0 Å². The molecule has 0 aliphatic carbocycles. The van der Waals surface area contributed by atoms with Crippen LogP contribution in [0.2, 0.25) is 0 Å². The Bertz CT molecular complexity index is 601. The van der Waals surface area contributed by atoms with Crippen molar-refractivity contribution in [3.05, 3.63) is 36.0 Å². The number of piperidine rings is 1. The molecule has 0 amide bonds. The fourth-order valence-corrected chi connectivity index (χ4v) is 2.59. The summed E-state index contributed by atoms with van der Waals surface area (Å²) in [4.78, 5) is 11.0. The molecule has 6 heteroatoms. The smallest absolute Gasteiger partial charge is 0.165 e. The first-order valence-electron chi connectivity index (χ1n) is 6.84. The number of likely N-dealkylation sites (tertiary alicyclic amines) is 1. The van der Waals surface area contributed by atoms with E-state index in [1.807, 2.05) is 25.1 Å². The zero-order valence-electron chi connectivity index (χ0n) is 11.8. The maximum Gasteiger partial charge on any atom is 0.165 e. The quantitative estimate of drug-likeness (QED) is 0.880. The fourth-order valence-electron chi connectivity index (χ4n) is 2.59. The van der Waals surface area contributed by atoms with E-state index in [1.54, 1.807) is 4.68 Å². The molecule has 0 unspecified atom stereocenters. The van der Waals surface area contributed by atoms with Crippen LogP contribution in [0.1, 0.15) is 24.4 Å². The molecular weight excluding hydrogens is 254 g/mol. The molecule has 0 bridgehead atoms. The second-order valence-electron chi connectivity index (χ2n) is 5.47. The third kappa shape index (κ3) is 2.32. The van der Waals surface area contributed by atoms with Crippen LogP contribution in [0.25, 0.3) is 5.82 Å². The third-order valence-corrected chi connectivity index (χ3v) is 3.87. The van der Waals surface area contributed by atoms with Crippen molar-refractivity contribution in [2.24, 2.45) is 0 Å². The Kier molecular flexibility index (Phi) is 3.27. The van der Waals surface area contributed by atoms with E-state index in [2.05, 4.69) is 27.0 Å². The average molecular weight is 273 g/mol. The Hall–Kier alpha value is -1.79. The number of aliphatic hydroxyl groups is 1. The van der Waals surface area contributed by atoms with E-state index in [0.717, 1.165) is 18.8 Å². The largest absolute Gasteiger partial charge is 0.382 e. The Balaban J connectivity index is 1.98. The van der Waals surface area contributed by atoms with Gasteiger partial charge in [-0.2, -0.15) is 9.78 Å². The number of aromatic nitrogens is 4. The van der Waals surface area contributed by atoms with Gasteiger partial charge in [0, 0.05) is 18.8 Å². The van der Waals surface area contributed by atoms with Crippen LogP contribution in [-0.2, 0) is 5.60 Å². The molecule has 1 aliphatic heterocycles. The number of hydrogen-bond donors (Lipinski definition) is 1. The third-order valence-electron chi connectivity index (χ3n) is 3.87. The Morgan fingerprint density at radius 3 is 2.70 bits per heavy atom. The molecule has 1 N–H and O–H groups in total. The van der Waals surface area contributed by atoms with Crippen LogP contribution in [-0.4, -0.2) is 49.9 Å². The van der Waals surface area contributed by atoms with E-state index in [0.29, 0.717) is 24.5 Å². The van der Waals surface area contributed by atoms with Crippen LogP contribution < -0.4 is 0 Å². The molecule has 3 heterocycles. The molecule has 3 rings (SSSR count). The lowest BCUT2D eigenvalue weighted by Gasteiger charge is -2.35. The molecule has 106 valence electrons. The zero-order chi connectivity index (χ0) is 14.2. The average Bonchev–Trinajstić information content (AvgIpc) is 2.92. The van der Waals surface area contributed by atoms with Crippen molar-refractivity contribution in [1.29, 1.82) is 0 Å². The second kappa shape index (κ2) is 4.96. The first-order valence-corrected chi connectivity index (χ1v) is 6.84. The Morgan fingerprint density at radius 1 is 1.25 bits per heavy atom. The van der Waals surface area contributed by atoms with E-state index in [4.69, 9.17) is 0 Å². The normalized spacial score (nSPS) is 19.1. The molecule has 0 saturated carbocycles. The fraction of sp³-hybridized carbons (Fsp3) is 0.500. The molecule has 0 aromatic carbocycles. The van der Waals surface area contributed by atoms with Gasteiger partial charge >= 0.3 is 0 Å². The van der Waals surface area contributed by atoms with Crippen molar-refractivity contribution in [1.82, 2.24) is 24.6 Å². The molecule has 0 spiro atoms. The van der Waals surface area contributed by atoms with Gasteiger partial charge in [-0.3, -0.25) is 0 Å². The summed E-state index contributed by atoms with van der Waals surface area (Å²) in [6.07, 6.45) is 2.80. The van der Waals surface area contributed by atoms with Crippen LogP contribution in [0.3, 0.4) is 0 Å². The number of nitrogens with zero attached hydrogens (tertiary/aromatic N) is 5. The summed E-state index contributed by atoms with van der Waals surface area (Å²) in [7, 11) is 2.06. The number of rotatable bonds is 2. The molecular formula is C14H19N5O. The topological polar surface area (TPSA) is 67.1 Å². The molecule has 1 saturated heterocycles. The van der Waals surface area contributed by atoms with Gasteiger partial charge in [0.2, 0.25) is 0 Å². The lowest BCUT2D eigenvalue weighted by Crippen LogP contribution is -2.42. The molecule has 1 fully saturated rings. The van der Waals surface area contributed by atoms with Crippen molar-refractivity contribution in [3.63, 3.8) is 0 Å². The Labute approximate surface area is 118 Å². The summed E-state index contributed by atoms with van der Waals surface area (Å²) in [5.41, 5.74) is -0.00615. The monoisotopic (exact) mass is 273 g/mol. The molecule has 6 nitrogen and oxygen atoms in total. The number of aryl methyl sites for hydroxylation is 1. The minimum absolute atomic E-state index is 0.587. The van der Waals surface area contributed by atoms with Crippen molar-refractivity contribution in [3.8, 4) is 5.82 Å². The van der Waals surface area contributed by atoms with Crippen molar-refractivity contribution >= 4 is 0 Å². The van der Waals surface area contributed by atoms with Gasteiger partial charge in [-0.05, 0) is 38.9 Å². The first-order chi connectivity index (χ1) is 9.58. The molecule has 0 atom stereocenters. The number of hydrogen-bond acceptors (Lipinski definition) is 5. The highest BCUT2D eigenvalue weighted by Crippen LogP contribution is 2.31. The maximum absolute atomic E-state index is 10.9. The highest BCUT2D eigenvalue weighted by Gasteiger charge is 2.37. The van der Waals surface area contributed by atoms with Gasteiger partial charge in [-0.1, -0.05) is 6.07 Å². The molecule has 2 aromatic heterocycles. The zero-order valence-corrected chi connectivity index (χ0v) is 11.8. The minimum atomic E-state index is -0.922. The predicted molar refractivity (Wildman–Crippen MR) is 74.5 cm³/mol. The van der Waals surface area contributed by atoms with Gasteiger partial charge in [0.25, 0.3) is 0 Å². The van der Waals surface area contributed by atoms with E-state index >= 15 is 0 Å². The van der Waals surface area contributed by atoms with E-state index < -0.39 is 5.60 Å². The van der Waals surface area contributed by atoms with Crippen LogP contribution in [0.4, 0.5) is 0 Å². The van der Waals surface area contributed by atoms with Gasteiger partial charge in [0.05, 0.1) is 0 Å². The van der Waals surface area contributed by atoms with Crippen molar-refractivity contribution in [2.75, 3.05) is 20.1 Å². The molecule has 1 aliphatic rings. The van der Waals surface area contributed by atoms with Crippen LogP contribution in [0, 0.1) is 6.92 Å². The van der Waals surface area contributed by atoms with Crippen molar-refractivity contribution < 1.29 is 5.11 Å². The maximum atomic E-state index is 10.9. The minimum Gasteiger partial charge on any atom is -0.382 e. The summed E-state index contributed by atoms with van der Waals surface area (Å²) in [6, 6.07) is 5.75. The summed E-state index contributed by atoms with van der Waals surface area (Å²) < 4.78 is 1.65. The van der Waals surface area contributed by atoms with Crippen LogP contribution in [0.15, 0.2) is 24.5 Å². The molecule has 2 aromatic rings. The second-order valence-corrected chi connectivity index (χ2v) is 5.47. The summed E-state index contributed by atoms with van der Waals surface area (Å²) in [5.74, 6) is 1.29. The molecule has 0 radical (unpaired) electrons. The van der Waals surface area contributed by atoms with E-state index in [1.165, 1.54) is 6.33 Å². The lowest BCUT2D eigenvalue weighted by atomic mass is 9.91. The van der Waals surface area contributed by atoms with E-state index in [9.17, 15) is 5.11 Å².